The van der Waals surface area contributed by atoms with E-state index in [9.17, 15) is 8.78 Å². The number of fused-ring (bicyclic) bond motifs is 1. The van der Waals surface area contributed by atoms with Crippen LogP contribution in [0.25, 0.3) is 11.0 Å². The second-order valence-electron chi connectivity index (χ2n) is 2.65. The van der Waals surface area contributed by atoms with Gasteiger partial charge in [0, 0.05) is 16.9 Å². The summed E-state index contributed by atoms with van der Waals surface area (Å²) in [5, 5.41) is 0.913. The molecule has 2 nitrogen and oxygen atoms in total. The van der Waals surface area contributed by atoms with Crippen molar-refractivity contribution < 1.29 is 8.78 Å². The minimum absolute atomic E-state index is 0.180. The molecule has 2 aromatic rings. The first-order valence-corrected chi connectivity index (χ1v) is 4.87. The Morgan fingerprint density at radius 1 is 1.50 bits per heavy atom. The van der Waals surface area contributed by atoms with Crippen LogP contribution in [-0.4, -0.2) is 9.55 Å². The van der Waals surface area contributed by atoms with Gasteiger partial charge in [-0.05, 0) is 22.0 Å². The Morgan fingerprint density at radius 2 is 2.21 bits per heavy atom. The fraction of sp³-hybridized carbons (Fsp3) is 0.125. The predicted molar refractivity (Wildman–Crippen MR) is 53.7 cm³/mol. The maximum atomic E-state index is 12.5. The average molecular weight is 281 g/mol. The number of hydrogen-bond donors (Lipinski definition) is 0. The van der Waals surface area contributed by atoms with Crippen LogP contribution in [0, 0.1) is 0 Å². The third-order valence-corrected chi connectivity index (χ3v) is 2.74. The molecule has 0 aliphatic rings. The summed E-state index contributed by atoms with van der Waals surface area (Å²) < 4.78 is 26.3. The van der Waals surface area contributed by atoms with E-state index in [1.165, 1.54) is 12.4 Å². The Balaban J connectivity index is 2.84. The average Bonchev–Trinajstić information content (AvgIpc) is 2.45. The predicted octanol–water partition coefficient (Wildman–Crippen LogP) is 3.85. The zero-order valence-corrected chi connectivity index (χ0v) is 9.06. The maximum absolute atomic E-state index is 12.5. The number of hydrogen-bond acceptors (Lipinski definition) is 1. The highest BCUT2D eigenvalue weighted by Crippen LogP contribution is 2.33. The van der Waals surface area contributed by atoms with E-state index in [1.54, 1.807) is 6.07 Å². The molecule has 0 fully saturated rings. The van der Waals surface area contributed by atoms with Gasteiger partial charge in [0.1, 0.15) is 5.65 Å². The van der Waals surface area contributed by atoms with E-state index < -0.39 is 6.55 Å². The van der Waals surface area contributed by atoms with E-state index in [0.717, 1.165) is 4.57 Å². The second kappa shape index (κ2) is 3.47. The topological polar surface area (TPSA) is 17.8 Å². The normalized spacial score (nSPS) is 11.5. The third-order valence-electron chi connectivity index (χ3n) is 1.83. The first kappa shape index (κ1) is 9.86. The lowest BCUT2D eigenvalue weighted by Crippen LogP contribution is -1.96. The molecular weight excluding hydrogens is 277 g/mol. The maximum Gasteiger partial charge on any atom is 0.320 e. The van der Waals surface area contributed by atoms with Crippen LogP contribution in [0.5, 0.6) is 0 Å². The second-order valence-corrected chi connectivity index (χ2v) is 3.91. The van der Waals surface area contributed by atoms with E-state index in [4.69, 9.17) is 11.6 Å². The number of nitrogens with zero attached hydrogens (tertiary/aromatic N) is 2. The van der Waals surface area contributed by atoms with Gasteiger partial charge in [-0.25, -0.2) is 4.98 Å². The van der Waals surface area contributed by atoms with Crippen molar-refractivity contribution in [2.45, 2.75) is 6.55 Å². The van der Waals surface area contributed by atoms with Crippen LogP contribution in [0.4, 0.5) is 8.78 Å². The molecule has 74 valence electrons. The molecule has 6 heteroatoms. The highest BCUT2D eigenvalue weighted by Gasteiger charge is 2.15. The fourth-order valence-electron chi connectivity index (χ4n) is 1.24. The molecular formula is C8H4BrClF2N2. The summed E-state index contributed by atoms with van der Waals surface area (Å²) in [6.07, 6.45) is 2.67. The SMILES string of the molecule is FC(F)n1cc(Br)c2c(Cl)ccnc21. The van der Waals surface area contributed by atoms with Crippen LogP contribution < -0.4 is 0 Å². The van der Waals surface area contributed by atoms with Gasteiger partial charge >= 0.3 is 6.55 Å². The van der Waals surface area contributed by atoms with Crippen molar-refractivity contribution in [2.75, 3.05) is 0 Å². The van der Waals surface area contributed by atoms with Crippen molar-refractivity contribution in [2.24, 2.45) is 0 Å². The van der Waals surface area contributed by atoms with Crippen LogP contribution in [0.3, 0.4) is 0 Å². The van der Waals surface area contributed by atoms with Gasteiger partial charge in [0.05, 0.1) is 10.4 Å². The molecule has 0 N–H and O–H groups in total. The monoisotopic (exact) mass is 280 g/mol. The van der Waals surface area contributed by atoms with E-state index in [0.29, 0.717) is 14.9 Å². The van der Waals surface area contributed by atoms with E-state index in [2.05, 4.69) is 20.9 Å². The number of aromatic nitrogens is 2. The molecule has 0 atom stereocenters. The Bertz CT molecular complexity index is 483. The Kier molecular flexibility index (Phi) is 2.45. The summed E-state index contributed by atoms with van der Waals surface area (Å²) in [7, 11) is 0. The fourth-order valence-corrected chi connectivity index (χ4v) is 2.21. The molecule has 0 saturated carbocycles. The van der Waals surface area contributed by atoms with Crippen LogP contribution >= 0.6 is 27.5 Å². The molecule has 0 aliphatic heterocycles. The van der Waals surface area contributed by atoms with Gasteiger partial charge in [0.25, 0.3) is 0 Å². The molecule has 0 bridgehead atoms. The minimum Gasteiger partial charge on any atom is -0.274 e. The van der Waals surface area contributed by atoms with Crippen molar-refractivity contribution in [3.05, 3.63) is 28.0 Å². The van der Waals surface area contributed by atoms with Gasteiger partial charge in [-0.15, -0.1) is 0 Å². The summed E-state index contributed by atoms with van der Waals surface area (Å²) in [5.74, 6) is 0. The zero-order valence-electron chi connectivity index (χ0n) is 6.72. The van der Waals surface area contributed by atoms with E-state index in [-0.39, 0.29) is 5.65 Å². The van der Waals surface area contributed by atoms with Crippen molar-refractivity contribution in [1.29, 1.82) is 0 Å². The zero-order chi connectivity index (χ0) is 10.3. The van der Waals surface area contributed by atoms with Crippen LogP contribution in [0.2, 0.25) is 5.02 Å². The standard InChI is InChI=1S/C8H4BrClF2N2/c9-4-3-14(8(11)12)7-6(4)5(10)1-2-13-7/h1-3,8H. The lowest BCUT2D eigenvalue weighted by atomic mass is 10.3. The van der Waals surface area contributed by atoms with Gasteiger partial charge in [0.2, 0.25) is 0 Å². The minimum atomic E-state index is -2.62. The summed E-state index contributed by atoms with van der Waals surface area (Å²) in [6.45, 7) is -2.62. The molecule has 0 radical (unpaired) electrons. The molecule has 2 rings (SSSR count). The first-order valence-electron chi connectivity index (χ1n) is 3.70. The van der Waals surface area contributed by atoms with Gasteiger partial charge in [-0.2, -0.15) is 8.78 Å². The molecule has 0 unspecified atom stereocenters. The largest absolute Gasteiger partial charge is 0.320 e. The molecule has 0 aromatic carbocycles. The molecule has 0 amide bonds. The molecule has 2 heterocycles. The molecule has 0 aliphatic carbocycles. The lowest BCUT2D eigenvalue weighted by Gasteiger charge is -2.01. The van der Waals surface area contributed by atoms with E-state index >= 15 is 0 Å². The van der Waals surface area contributed by atoms with Gasteiger partial charge in [-0.3, -0.25) is 4.57 Å². The van der Waals surface area contributed by atoms with Crippen molar-refractivity contribution in [3.63, 3.8) is 0 Å². The Labute approximate surface area is 91.6 Å². The summed E-state index contributed by atoms with van der Waals surface area (Å²) >= 11 is 9.01. The highest BCUT2D eigenvalue weighted by molar-refractivity contribution is 9.10. The number of rotatable bonds is 1. The van der Waals surface area contributed by atoms with Crippen molar-refractivity contribution in [1.82, 2.24) is 9.55 Å². The van der Waals surface area contributed by atoms with Gasteiger partial charge < -0.3 is 0 Å². The lowest BCUT2D eigenvalue weighted by molar-refractivity contribution is 0.0745. The van der Waals surface area contributed by atoms with Crippen LogP contribution in [0.15, 0.2) is 22.9 Å². The number of pyridine rings is 1. The number of halogens is 4. The van der Waals surface area contributed by atoms with Crippen molar-refractivity contribution >= 4 is 38.6 Å². The molecule has 14 heavy (non-hydrogen) atoms. The van der Waals surface area contributed by atoms with Crippen molar-refractivity contribution in [3.8, 4) is 0 Å². The van der Waals surface area contributed by atoms with E-state index in [1.807, 2.05) is 0 Å². The molecule has 2 aromatic heterocycles. The third kappa shape index (κ3) is 1.40. The summed E-state index contributed by atoms with van der Waals surface area (Å²) in [5.41, 5.74) is 0.180. The first-order chi connectivity index (χ1) is 6.61. The quantitative estimate of drug-likeness (QED) is 0.776. The summed E-state index contributed by atoms with van der Waals surface area (Å²) in [4.78, 5) is 3.85. The highest BCUT2D eigenvalue weighted by atomic mass is 79.9. The molecule has 0 saturated heterocycles. The Hall–Kier alpha value is -0.680. The van der Waals surface area contributed by atoms with Gasteiger partial charge in [-0.1, -0.05) is 11.6 Å². The smallest absolute Gasteiger partial charge is 0.274 e. The van der Waals surface area contributed by atoms with Gasteiger partial charge in [0.15, 0.2) is 0 Å². The molecule has 0 spiro atoms. The Morgan fingerprint density at radius 3 is 2.86 bits per heavy atom. The summed E-state index contributed by atoms with van der Waals surface area (Å²) in [6, 6.07) is 1.56. The number of alkyl halides is 2. The van der Waals surface area contributed by atoms with Crippen LogP contribution in [-0.2, 0) is 0 Å². The van der Waals surface area contributed by atoms with Crippen LogP contribution in [0.1, 0.15) is 6.55 Å².